The van der Waals surface area contributed by atoms with Crippen molar-refractivity contribution in [2.24, 2.45) is 0 Å². The molecule has 2 heterocycles. The number of fused-ring (bicyclic) bond motifs is 3. The first-order chi connectivity index (χ1) is 17.0. The van der Waals surface area contributed by atoms with Crippen LogP contribution in [0.2, 0.25) is 0 Å². The summed E-state index contributed by atoms with van der Waals surface area (Å²) in [6.45, 7) is 5.28. The zero-order valence-electron chi connectivity index (χ0n) is 20.5. The lowest BCUT2D eigenvalue weighted by molar-refractivity contribution is 0.354. The fourth-order valence-corrected chi connectivity index (χ4v) is 4.72. The third-order valence-corrected chi connectivity index (χ3v) is 6.49. The molecule has 0 N–H and O–H groups in total. The molecular formula is C29H29N3O3. The van der Waals surface area contributed by atoms with Gasteiger partial charge in [-0.3, -0.25) is 9.36 Å². The minimum Gasteiger partial charge on any atom is -0.493 e. The van der Waals surface area contributed by atoms with Crippen molar-refractivity contribution in [2.75, 3.05) is 14.2 Å². The average molecular weight is 468 g/mol. The summed E-state index contributed by atoms with van der Waals surface area (Å²) in [5.41, 5.74) is 6.95. The van der Waals surface area contributed by atoms with E-state index in [2.05, 4.69) is 60.9 Å². The highest BCUT2D eigenvalue weighted by Gasteiger charge is 2.17. The molecule has 2 aromatic heterocycles. The smallest absolute Gasteiger partial charge is 0.277 e. The minimum absolute atomic E-state index is 0.0306. The summed E-state index contributed by atoms with van der Waals surface area (Å²) in [5, 5.41) is 1.01. The minimum atomic E-state index is -0.0306. The molecule has 0 atom stereocenters. The molecule has 5 aromatic rings. The van der Waals surface area contributed by atoms with Crippen LogP contribution in [-0.2, 0) is 19.5 Å². The highest BCUT2D eigenvalue weighted by atomic mass is 16.5. The molecule has 6 heteroatoms. The number of benzene rings is 3. The highest BCUT2D eigenvalue weighted by molar-refractivity contribution is 6.05. The summed E-state index contributed by atoms with van der Waals surface area (Å²) in [6.07, 6.45) is 2.34. The Morgan fingerprint density at radius 2 is 1.66 bits per heavy atom. The molecule has 0 amide bonds. The molecule has 0 saturated heterocycles. The highest BCUT2D eigenvalue weighted by Crippen LogP contribution is 2.29. The predicted molar refractivity (Wildman–Crippen MR) is 140 cm³/mol. The summed E-state index contributed by atoms with van der Waals surface area (Å²) in [7, 11) is 3.24. The van der Waals surface area contributed by atoms with E-state index in [9.17, 15) is 4.79 Å². The van der Waals surface area contributed by atoms with Gasteiger partial charge in [0.05, 0.1) is 26.1 Å². The summed E-state index contributed by atoms with van der Waals surface area (Å²) in [6, 6.07) is 20.5. The molecule has 0 radical (unpaired) electrons. The van der Waals surface area contributed by atoms with Gasteiger partial charge in [0, 0.05) is 18.5 Å². The topological polar surface area (TPSA) is 58.3 Å². The van der Waals surface area contributed by atoms with Crippen molar-refractivity contribution in [2.45, 2.75) is 33.4 Å². The van der Waals surface area contributed by atoms with Crippen molar-refractivity contribution >= 4 is 21.9 Å². The number of aryl methyl sites for hydroxylation is 4. The van der Waals surface area contributed by atoms with E-state index in [1.54, 1.807) is 25.1 Å². The van der Waals surface area contributed by atoms with E-state index in [1.807, 2.05) is 18.2 Å². The first-order valence-corrected chi connectivity index (χ1v) is 11.7. The van der Waals surface area contributed by atoms with Crippen molar-refractivity contribution in [3.05, 3.63) is 99.6 Å². The molecule has 3 aromatic carbocycles. The van der Waals surface area contributed by atoms with E-state index >= 15 is 0 Å². The molecule has 6 nitrogen and oxygen atoms in total. The fraction of sp³-hybridized carbons (Fsp3) is 0.241. The van der Waals surface area contributed by atoms with Crippen LogP contribution in [-0.4, -0.2) is 28.3 Å². The molecule has 0 spiro atoms. The maximum Gasteiger partial charge on any atom is 0.277 e. The van der Waals surface area contributed by atoms with Crippen molar-refractivity contribution < 1.29 is 9.47 Å². The molecule has 0 aliphatic heterocycles. The van der Waals surface area contributed by atoms with Gasteiger partial charge in [-0.2, -0.15) is 0 Å². The van der Waals surface area contributed by atoms with Crippen molar-refractivity contribution in [3.63, 3.8) is 0 Å². The number of hydrogen-bond donors (Lipinski definition) is 0. The zero-order chi connectivity index (χ0) is 24.5. The zero-order valence-corrected chi connectivity index (χ0v) is 20.5. The second-order valence-corrected chi connectivity index (χ2v) is 8.98. The second-order valence-electron chi connectivity index (χ2n) is 8.98. The molecule has 5 rings (SSSR count). The molecule has 0 aliphatic carbocycles. The number of ether oxygens (including phenoxy) is 2. The Morgan fingerprint density at radius 1 is 0.857 bits per heavy atom. The van der Waals surface area contributed by atoms with Crippen LogP contribution in [0.15, 0.2) is 71.8 Å². The summed E-state index contributed by atoms with van der Waals surface area (Å²) in [4.78, 5) is 18.5. The van der Waals surface area contributed by atoms with E-state index in [1.165, 1.54) is 5.56 Å². The molecule has 178 valence electrons. The van der Waals surface area contributed by atoms with Crippen molar-refractivity contribution in [1.82, 2.24) is 14.1 Å². The summed E-state index contributed by atoms with van der Waals surface area (Å²) < 4.78 is 14.6. The Labute approximate surface area is 204 Å². The van der Waals surface area contributed by atoms with Crippen LogP contribution in [0.1, 0.15) is 22.3 Å². The third-order valence-electron chi connectivity index (χ3n) is 6.49. The number of nitrogens with zero attached hydrogens (tertiary/aromatic N) is 3. The first kappa shape index (κ1) is 22.7. The van der Waals surface area contributed by atoms with Gasteiger partial charge in [-0.05, 0) is 55.7 Å². The SMILES string of the molecule is COc1ccc(CCn2cnc3c4cc(C)ccc4n(Cc4cccc(C)c4)c3c2=O)cc1OC. The lowest BCUT2D eigenvalue weighted by Gasteiger charge is -2.11. The number of aromatic nitrogens is 3. The van der Waals surface area contributed by atoms with Gasteiger partial charge < -0.3 is 14.0 Å². The molecule has 0 unspecified atom stereocenters. The Balaban J connectivity index is 1.58. The lowest BCUT2D eigenvalue weighted by atomic mass is 10.1. The van der Waals surface area contributed by atoms with Gasteiger partial charge in [-0.25, -0.2) is 4.98 Å². The maximum absolute atomic E-state index is 13.8. The second kappa shape index (κ2) is 9.29. The van der Waals surface area contributed by atoms with Gasteiger partial charge in [-0.1, -0.05) is 47.5 Å². The molecule has 0 aliphatic rings. The third kappa shape index (κ3) is 4.28. The van der Waals surface area contributed by atoms with Gasteiger partial charge in [0.1, 0.15) is 11.0 Å². The molecule has 0 bridgehead atoms. The number of methoxy groups -OCH3 is 2. The van der Waals surface area contributed by atoms with E-state index in [4.69, 9.17) is 14.5 Å². The van der Waals surface area contributed by atoms with Gasteiger partial charge in [-0.15, -0.1) is 0 Å². The normalized spacial score (nSPS) is 11.3. The summed E-state index contributed by atoms with van der Waals surface area (Å²) >= 11 is 0. The van der Waals surface area contributed by atoms with E-state index in [0.29, 0.717) is 36.5 Å². The standard InChI is InChI=1S/C29H29N3O3/c1-19-6-5-7-22(14-19)17-32-24-10-8-20(2)15-23(24)27-28(32)29(33)31(18-30-27)13-12-21-9-11-25(34-3)26(16-21)35-4/h5-11,14-16,18H,12-13,17H2,1-4H3. The van der Waals surface area contributed by atoms with Crippen LogP contribution in [0.3, 0.4) is 0 Å². The van der Waals surface area contributed by atoms with Crippen molar-refractivity contribution in [3.8, 4) is 11.5 Å². The average Bonchev–Trinajstić information content (AvgIpc) is 3.16. The molecule has 0 saturated carbocycles. The Bertz CT molecular complexity index is 1600. The van der Waals surface area contributed by atoms with Gasteiger partial charge in [0.25, 0.3) is 5.56 Å². The van der Waals surface area contributed by atoms with E-state index < -0.39 is 0 Å². The molecule has 0 fully saturated rings. The summed E-state index contributed by atoms with van der Waals surface area (Å²) in [5.74, 6) is 1.37. The van der Waals surface area contributed by atoms with Gasteiger partial charge in [0.15, 0.2) is 11.5 Å². The van der Waals surface area contributed by atoms with E-state index in [-0.39, 0.29) is 5.56 Å². The largest absolute Gasteiger partial charge is 0.493 e. The predicted octanol–water partition coefficient (Wildman–Crippen LogP) is 5.28. The quantitative estimate of drug-likeness (QED) is 0.327. The van der Waals surface area contributed by atoms with Crippen LogP contribution in [0.4, 0.5) is 0 Å². The van der Waals surface area contributed by atoms with Crippen LogP contribution in [0, 0.1) is 13.8 Å². The Kier molecular flexibility index (Phi) is 6.03. The maximum atomic E-state index is 13.8. The van der Waals surface area contributed by atoms with Crippen molar-refractivity contribution in [1.29, 1.82) is 0 Å². The molecule has 35 heavy (non-hydrogen) atoms. The fourth-order valence-electron chi connectivity index (χ4n) is 4.72. The van der Waals surface area contributed by atoms with Gasteiger partial charge >= 0.3 is 0 Å². The first-order valence-electron chi connectivity index (χ1n) is 11.7. The van der Waals surface area contributed by atoms with Gasteiger partial charge in [0.2, 0.25) is 0 Å². The monoisotopic (exact) mass is 467 g/mol. The number of hydrogen-bond acceptors (Lipinski definition) is 4. The van der Waals surface area contributed by atoms with Crippen LogP contribution >= 0.6 is 0 Å². The Morgan fingerprint density at radius 3 is 2.43 bits per heavy atom. The van der Waals surface area contributed by atoms with Crippen LogP contribution in [0.25, 0.3) is 21.9 Å². The number of rotatable bonds is 7. The van der Waals surface area contributed by atoms with Crippen LogP contribution in [0.5, 0.6) is 11.5 Å². The Hall–Kier alpha value is -4.06. The molecular weight excluding hydrogens is 438 g/mol. The van der Waals surface area contributed by atoms with Crippen LogP contribution < -0.4 is 15.0 Å². The van der Waals surface area contributed by atoms with E-state index in [0.717, 1.165) is 33.1 Å². The lowest BCUT2D eigenvalue weighted by Crippen LogP contribution is -2.23.